The van der Waals surface area contributed by atoms with E-state index >= 15 is 0 Å². The lowest BCUT2D eigenvalue weighted by Gasteiger charge is -2.42. The summed E-state index contributed by atoms with van der Waals surface area (Å²) < 4.78 is 10.7. The predicted octanol–water partition coefficient (Wildman–Crippen LogP) is -0.363. The van der Waals surface area contributed by atoms with E-state index in [9.17, 15) is 19.8 Å². The Bertz CT molecular complexity index is 657. The van der Waals surface area contributed by atoms with Crippen LogP contribution in [0, 0.1) is 5.92 Å². The number of ketones is 1. The molecule has 6 atom stereocenters. The van der Waals surface area contributed by atoms with Crippen molar-refractivity contribution in [1.29, 1.82) is 0 Å². The second-order valence-corrected chi connectivity index (χ2v) is 6.50. The van der Waals surface area contributed by atoms with Gasteiger partial charge in [0.2, 0.25) is 0 Å². The molecular formula is C15H16O6. The van der Waals surface area contributed by atoms with Gasteiger partial charge in [0.05, 0.1) is 5.92 Å². The molecule has 2 heterocycles. The van der Waals surface area contributed by atoms with Crippen LogP contribution in [0.3, 0.4) is 0 Å². The van der Waals surface area contributed by atoms with Crippen LogP contribution in [0.2, 0.25) is 0 Å². The molecule has 2 N–H and O–H groups in total. The molecule has 112 valence electrons. The Morgan fingerprint density at radius 2 is 2.00 bits per heavy atom. The highest BCUT2D eigenvalue weighted by molar-refractivity contribution is 5.95. The van der Waals surface area contributed by atoms with E-state index in [4.69, 9.17) is 9.47 Å². The molecule has 2 fully saturated rings. The van der Waals surface area contributed by atoms with Crippen LogP contribution in [0.25, 0.3) is 0 Å². The minimum atomic E-state index is -1.61. The first kappa shape index (κ1) is 13.2. The Morgan fingerprint density at radius 3 is 2.62 bits per heavy atom. The van der Waals surface area contributed by atoms with E-state index < -0.39 is 41.4 Å². The summed E-state index contributed by atoms with van der Waals surface area (Å²) in [7, 11) is 0. The van der Waals surface area contributed by atoms with Gasteiger partial charge >= 0.3 is 5.97 Å². The molecule has 6 heteroatoms. The van der Waals surface area contributed by atoms with Gasteiger partial charge in [0.15, 0.2) is 0 Å². The number of epoxide rings is 1. The third kappa shape index (κ3) is 1.29. The molecule has 0 aromatic carbocycles. The van der Waals surface area contributed by atoms with Gasteiger partial charge in [0.25, 0.3) is 0 Å². The van der Waals surface area contributed by atoms with Crippen molar-refractivity contribution in [2.45, 2.75) is 50.3 Å². The Balaban J connectivity index is 1.98. The fourth-order valence-corrected chi connectivity index (χ4v) is 4.14. The molecule has 0 aromatic heterocycles. The van der Waals surface area contributed by atoms with Crippen LogP contribution in [0.4, 0.5) is 0 Å². The van der Waals surface area contributed by atoms with E-state index in [2.05, 4.69) is 0 Å². The highest BCUT2D eigenvalue weighted by Gasteiger charge is 2.77. The lowest BCUT2D eigenvalue weighted by molar-refractivity contribution is -0.153. The maximum absolute atomic E-state index is 12.1. The van der Waals surface area contributed by atoms with Crippen LogP contribution < -0.4 is 0 Å². The van der Waals surface area contributed by atoms with Gasteiger partial charge < -0.3 is 19.7 Å². The van der Waals surface area contributed by atoms with Crippen molar-refractivity contribution < 1.29 is 29.3 Å². The van der Waals surface area contributed by atoms with E-state index in [-0.39, 0.29) is 5.78 Å². The third-order valence-corrected chi connectivity index (χ3v) is 5.25. The molecule has 0 amide bonds. The SMILES string of the molecule is CC(=O)C1C2OC(=O)C(C)=C2C=C2C(C)(O)C3OC3C21O. The number of hydrogen-bond acceptors (Lipinski definition) is 6. The highest BCUT2D eigenvalue weighted by Crippen LogP contribution is 2.61. The quantitative estimate of drug-likeness (QED) is 0.506. The molecule has 1 saturated carbocycles. The van der Waals surface area contributed by atoms with Gasteiger partial charge in [-0.2, -0.15) is 0 Å². The van der Waals surface area contributed by atoms with E-state index in [0.717, 1.165) is 0 Å². The zero-order valence-corrected chi connectivity index (χ0v) is 11.9. The molecule has 0 aromatic rings. The maximum atomic E-state index is 12.1. The van der Waals surface area contributed by atoms with Crippen molar-refractivity contribution in [3.8, 4) is 0 Å². The van der Waals surface area contributed by atoms with Crippen molar-refractivity contribution in [1.82, 2.24) is 0 Å². The molecule has 2 aliphatic carbocycles. The maximum Gasteiger partial charge on any atom is 0.334 e. The molecule has 0 radical (unpaired) electrons. The number of hydrogen-bond donors (Lipinski definition) is 2. The van der Waals surface area contributed by atoms with E-state index in [1.54, 1.807) is 19.9 Å². The number of aliphatic hydroxyl groups is 2. The molecule has 4 rings (SSSR count). The van der Waals surface area contributed by atoms with Crippen molar-refractivity contribution >= 4 is 11.8 Å². The summed E-state index contributed by atoms with van der Waals surface area (Å²) >= 11 is 0. The first-order valence-corrected chi connectivity index (χ1v) is 6.95. The third-order valence-electron chi connectivity index (χ3n) is 5.25. The predicted molar refractivity (Wildman–Crippen MR) is 69.1 cm³/mol. The van der Waals surface area contributed by atoms with Crippen LogP contribution in [-0.2, 0) is 19.1 Å². The van der Waals surface area contributed by atoms with E-state index in [1.807, 2.05) is 0 Å². The number of rotatable bonds is 1. The largest absolute Gasteiger partial charge is 0.453 e. The number of Topliss-reactive ketones (excluding diaryl/α,β-unsaturated/α-hetero) is 1. The molecule has 4 aliphatic rings. The fraction of sp³-hybridized carbons (Fsp3) is 0.600. The molecular weight excluding hydrogens is 276 g/mol. The fourth-order valence-electron chi connectivity index (χ4n) is 4.14. The van der Waals surface area contributed by atoms with Crippen molar-refractivity contribution in [3.63, 3.8) is 0 Å². The summed E-state index contributed by atoms with van der Waals surface area (Å²) in [5.74, 6) is -1.73. The second-order valence-electron chi connectivity index (χ2n) is 6.50. The van der Waals surface area contributed by atoms with E-state index in [1.165, 1.54) is 6.92 Å². The first-order valence-electron chi connectivity index (χ1n) is 6.95. The summed E-state index contributed by atoms with van der Waals surface area (Å²) in [6, 6.07) is 0. The smallest absolute Gasteiger partial charge is 0.334 e. The lowest BCUT2D eigenvalue weighted by Crippen LogP contribution is -2.56. The number of ether oxygens (including phenoxy) is 2. The molecule has 21 heavy (non-hydrogen) atoms. The van der Waals surface area contributed by atoms with Crippen molar-refractivity contribution in [2.24, 2.45) is 5.92 Å². The van der Waals surface area contributed by atoms with Crippen LogP contribution in [-0.4, -0.2) is 51.5 Å². The first-order chi connectivity index (χ1) is 9.70. The Labute approximate surface area is 121 Å². The molecule has 6 unspecified atom stereocenters. The zero-order valence-electron chi connectivity index (χ0n) is 11.9. The Morgan fingerprint density at radius 1 is 1.33 bits per heavy atom. The van der Waals surface area contributed by atoms with Crippen LogP contribution in [0.5, 0.6) is 0 Å². The van der Waals surface area contributed by atoms with Gasteiger partial charge in [-0.25, -0.2) is 4.79 Å². The van der Waals surface area contributed by atoms with Gasteiger partial charge in [-0.3, -0.25) is 4.79 Å². The standard InChI is InChI=1S/C15H16O6/c1-5-7-4-8-14(3,18)11-12(21-11)15(8,19)9(6(2)16)10(7)20-13(5)17/h4,9-12,18-19H,1-3H3. The molecule has 6 nitrogen and oxygen atoms in total. The monoisotopic (exact) mass is 292 g/mol. The summed E-state index contributed by atoms with van der Waals surface area (Å²) in [5, 5.41) is 21.7. The minimum absolute atomic E-state index is 0.292. The van der Waals surface area contributed by atoms with Crippen LogP contribution >= 0.6 is 0 Å². The number of esters is 1. The van der Waals surface area contributed by atoms with Crippen LogP contribution in [0.15, 0.2) is 22.8 Å². The molecule has 0 spiro atoms. The van der Waals surface area contributed by atoms with Gasteiger partial charge in [-0.1, -0.05) is 0 Å². The topological polar surface area (TPSA) is 96.4 Å². The van der Waals surface area contributed by atoms with Crippen LogP contribution in [0.1, 0.15) is 20.8 Å². The van der Waals surface area contributed by atoms with Gasteiger partial charge in [-0.05, 0) is 32.4 Å². The Hall–Kier alpha value is -1.50. The van der Waals surface area contributed by atoms with Gasteiger partial charge in [-0.15, -0.1) is 0 Å². The van der Waals surface area contributed by atoms with E-state index in [0.29, 0.717) is 16.7 Å². The highest BCUT2D eigenvalue weighted by atomic mass is 16.6. The Kier molecular flexibility index (Phi) is 2.17. The molecule has 1 saturated heterocycles. The average molecular weight is 292 g/mol. The zero-order chi connectivity index (χ0) is 15.3. The second kappa shape index (κ2) is 3.45. The van der Waals surface area contributed by atoms with Crippen molar-refractivity contribution in [3.05, 3.63) is 22.8 Å². The number of carbonyl (C=O) groups is 2. The van der Waals surface area contributed by atoms with Gasteiger partial charge in [0.1, 0.15) is 35.3 Å². The molecule has 0 bridgehead atoms. The molecule has 2 aliphatic heterocycles. The minimum Gasteiger partial charge on any atom is -0.453 e. The normalized spacial score (nSPS) is 50.1. The summed E-state index contributed by atoms with van der Waals surface area (Å²) in [4.78, 5) is 23.9. The van der Waals surface area contributed by atoms with Crippen molar-refractivity contribution in [2.75, 3.05) is 0 Å². The summed E-state index contributed by atoms with van der Waals surface area (Å²) in [6.07, 6.45) is -0.345. The summed E-state index contributed by atoms with van der Waals surface area (Å²) in [5.41, 5.74) is -1.63. The number of fused-ring (bicyclic) bond motifs is 4. The average Bonchev–Trinajstić information content (AvgIpc) is 3.10. The van der Waals surface area contributed by atoms with Gasteiger partial charge in [0, 0.05) is 11.1 Å². The summed E-state index contributed by atoms with van der Waals surface area (Å²) in [6.45, 7) is 4.54. The lowest BCUT2D eigenvalue weighted by atomic mass is 9.68. The number of carbonyl (C=O) groups excluding carboxylic acids is 2.